The van der Waals surface area contributed by atoms with Gasteiger partial charge in [0.15, 0.2) is 5.78 Å². The van der Waals surface area contributed by atoms with E-state index >= 15 is 0 Å². The maximum Gasteiger partial charge on any atom is 0.155 e. The van der Waals surface area contributed by atoms with Gasteiger partial charge in [0.2, 0.25) is 0 Å². The molecule has 1 aliphatic rings. The van der Waals surface area contributed by atoms with Crippen LogP contribution in [0.1, 0.15) is 13.8 Å². The van der Waals surface area contributed by atoms with Crippen LogP contribution in [-0.2, 0) is 24.9 Å². The second kappa shape index (κ2) is 9.44. The number of carbonyl (C=O) groups is 1. The van der Waals surface area contributed by atoms with E-state index in [1.807, 2.05) is 12.3 Å². The Labute approximate surface area is 209 Å². The van der Waals surface area contributed by atoms with E-state index in [1.54, 1.807) is 18.0 Å². The molecule has 0 amide bonds. The zero-order valence-corrected chi connectivity index (χ0v) is 21.1. The predicted molar refractivity (Wildman–Crippen MR) is 130 cm³/mol. The average molecular weight is 628 g/mol. The van der Waals surface area contributed by atoms with Gasteiger partial charge in [-0.2, -0.15) is 0 Å². The Hall–Kier alpha value is -3.05. The third kappa shape index (κ3) is 4.30. The molecule has 1 N–H and O–H groups in total. The number of pyridine rings is 2. The summed E-state index contributed by atoms with van der Waals surface area (Å²) in [5.41, 5.74) is 2.00. The molecule has 2 aromatic heterocycles. The quantitative estimate of drug-likeness (QED) is 0.0930. The van der Waals surface area contributed by atoms with Crippen LogP contribution in [0, 0.1) is 6.07 Å². The number of benzene rings is 3. The van der Waals surface area contributed by atoms with Crippen LogP contribution in [0.3, 0.4) is 0 Å². The maximum absolute atomic E-state index is 10.0. The molecule has 0 spiro atoms. The van der Waals surface area contributed by atoms with E-state index in [0.29, 0.717) is 0 Å². The Morgan fingerprint density at radius 3 is 2.55 bits per heavy atom. The van der Waals surface area contributed by atoms with E-state index in [4.69, 9.17) is 5.11 Å². The van der Waals surface area contributed by atoms with Crippen molar-refractivity contribution in [1.29, 1.82) is 0 Å². The fourth-order valence-corrected chi connectivity index (χ4v) is 5.16. The molecule has 0 bridgehead atoms. The zero-order valence-electron chi connectivity index (χ0n) is 17.9. The van der Waals surface area contributed by atoms with Crippen molar-refractivity contribution in [2.45, 2.75) is 23.8 Å². The van der Waals surface area contributed by atoms with Crippen LogP contribution < -0.4 is 0 Å². The van der Waals surface area contributed by atoms with Gasteiger partial charge in [-0.25, -0.2) is 0 Å². The molecule has 3 heterocycles. The normalized spacial score (nSPS) is 12.0. The molecule has 6 heteroatoms. The third-order valence-electron chi connectivity index (χ3n) is 5.30. The molecular weight excluding hydrogens is 609 g/mol. The molecule has 0 unspecified atom stereocenters. The number of allylic oxidation sites excluding steroid dienone is 2. The summed E-state index contributed by atoms with van der Waals surface area (Å²) < 4.78 is 0. The van der Waals surface area contributed by atoms with Crippen molar-refractivity contribution < 1.29 is 30.0 Å². The van der Waals surface area contributed by atoms with Crippen LogP contribution in [0.25, 0.3) is 43.6 Å². The smallest absolute Gasteiger partial charge is 0.155 e. The summed E-state index contributed by atoms with van der Waals surface area (Å²) in [7, 11) is 0. The second-order valence-electron chi connectivity index (χ2n) is 7.61. The number of aromatic nitrogens is 2. The molecule has 5 aromatic rings. The van der Waals surface area contributed by atoms with Gasteiger partial charge in [0, 0.05) is 42.3 Å². The molecule has 1 radical (unpaired) electrons. The van der Waals surface area contributed by atoms with Crippen LogP contribution in [0.15, 0.2) is 88.7 Å². The number of ketones is 1. The monoisotopic (exact) mass is 628 g/mol. The molecule has 0 saturated heterocycles. The fraction of sp³-hybridized carbons (Fsp3) is 0.0741. The van der Waals surface area contributed by atoms with Gasteiger partial charge in [-0.15, -0.1) is 23.9 Å². The molecule has 0 fully saturated rings. The number of nitrogens with zero attached hydrogens (tertiary/aromatic N) is 2. The van der Waals surface area contributed by atoms with E-state index in [-0.39, 0.29) is 31.6 Å². The number of aliphatic hydroxyl groups excluding tert-OH is 1. The van der Waals surface area contributed by atoms with Crippen LogP contribution in [0.4, 0.5) is 0 Å². The van der Waals surface area contributed by atoms with E-state index < -0.39 is 0 Å². The molecule has 4 nitrogen and oxygen atoms in total. The largest absolute Gasteiger partial charge is 0.512 e. The molecule has 0 saturated carbocycles. The standard InChI is InChI=1S/C22H11N2S.C5H8O2.Ir/c1-2-5-14-13(4-1)7-8-15-16-9-11-23-21-17-6-3-10-24-22(17)25-19(20(16)21)12-18(14)15;1-4(6)3-5(2)7;/h1-5,7-12H;3,6H,1-2H3;/q-1;;/b;4-3-;. The molecule has 3 aromatic carbocycles. The van der Waals surface area contributed by atoms with Gasteiger partial charge in [0.1, 0.15) is 0 Å². The fourth-order valence-electron chi connectivity index (χ4n) is 4.09. The summed E-state index contributed by atoms with van der Waals surface area (Å²) in [6, 6.07) is 22.6. The van der Waals surface area contributed by atoms with E-state index in [2.05, 4.69) is 64.6 Å². The zero-order chi connectivity index (χ0) is 22.2. The summed E-state index contributed by atoms with van der Waals surface area (Å²) in [6.07, 6.45) is 4.87. The predicted octanol–water partition coefficient (Wildman–Crippen LogP) is 6.90. The van der Waals surface area contributed by atoms with E-state index in [1.165, 1.54) is 57.1 Å². The van der Waals surface area contributed by atoms with Gasteiger partial charge in [-0.1, -0.05) is 48.2 Å². The number of fused-ring (bicyclic) bond motifs is 6. The average Bonchev–Trinajstić information content (AvgIpc) is 2.79. The number of hydrogen-bond acceptors (Lipinski definition) is 5. The number of hydrogen-bond donors (Lipinski definition) is 1. The first-order valence-corrected chi connectivity index (χ1v) is 11.0. The van der Waals surface area contributed by atoms with Gasteiger partial charge in [-0.05, 0) is 64.0 Å². The third-order valence-corrected chi connectivity index (χ3v) is 6.34. The van der Waals surface area contributed by atoms with Crippen molar-refractivity contribution in [3.63, 3.8) is 0 Å². The molecular formula is C27H19IrN2O2S-. The van der Waals surface area contributed by atoms with Crippen molar-refractivity contribution in [2.75, 3.05) is 0 Å². The Morgan fingerprint density at radius 2 is 1.79 bits per heavy atom. The summed E-state index contributed by atoms with van der Waals surface area (Å²) in [5, 5.41) is 16.9. The SMILES string of the molecule is CC(=O)/C=C(/C)O.[Ir].[c-]1ccnc2c1-c1nccc3c1c(cc1c4ccccc4ccc31)S2. The molecule has 0 aliphatic carbocycles. The van der Waals surface area contributed by atoms with Gasteiger partial charge in [0.05, 0.1) is 5.76 Å². The minimum Gasteiger partial charge on any atom is -0.512 e. The van der Waals surface area contributed by atoms with Crippen molar-refractivity contribution in [1.82, 2.24) is 9.97 Å². The Bertz CT molecular complexity index is 1560. The van der Waals surface area contributed by atoms with Gasteiger partial charge in [-0.3, -0.25) is 4.79 Å². The van der Waals surface area contributed by atoms with Crippen LogP contribution >= 0.6 is 11.8 Å². The Morgan fingerprint density at radius 1 is 0.970 bits per heavy atom. The molecule has 165 valence electrons. The van der Waals surface area contributed by atoms with E-state index in [9.17, 15) is 4.79 Å². The van der Waals surface area contributed by atoms with Gasteiger partial charge >= 0.3 is 0 Å². The van der Waals surface area contributed by atoms with Crippen molar-refractivity contribution in [3.05, 3.63) is 84.9 Å². The minimum atomic E-state index is -0.125. The summed E-state index contributed by atoms with van der Waals surface area (Å²) in [4.78, 5) is 20.4. The minimum absolute atomic E-state index is 0. The molecule has 0 atom stereocenters. The summed E-state index contributed by atoms with van der Waals surface area (Å²) in [5.74, 6) is -0.0625. The summed E-state index contributed by atoms with van der Waals surface area (Å²) >= 11 is 1.72. The Balaban J connectivity index is 0.000000287. The molecule has 6 rings (SSSR count). The molecule has 33 heavy (non-hydrogen) atoms. The first-order chi connectivity index (χ1) is 15.5. The van der Waals surface area contributed by atoms with Crippen molar-refractivity contribution in [3.8, 4) is 11.3 Å². The number of aliphatic hydroxyl groups is 1. The first-order valence-electron chi connectivity index (χ1n) is 10.2. The van der Waals surface area contributed by atoms with E-state index in [0.717, 1.165) is 16.3 Å². The van der Waals surface area contributed by atoms with Crippen molar-refractivity contribution in [2.24, 2.45) is 0 Å². The van der Waals surface area contributed by atoms with Gasteiger partial charge < -0.3 is 15.1 Å². The number of rotatable bonds is 1. The second-order valence-corrected chi connectivity index (χ2v) is 8.64. The summed E-state index contributed by atoms with van der Waals surface area (Å²) in [6.45, 7) is 2.85. The molecule has 1 aliphatic heterocycles. The van der Waals surface area contributed by atoms with Crippen LogP contribution in [-0.4, -0.2) is 20.9 Å². The van der Waals surface area contributed by atoms with Crippen molar-refractivity contribution >= 4 is 49.9 Å². The van der Waals surface area contributed by atoms with Crippen LogP contribution in [0.2, 0.25) is 0 Å². The first kappa shape index (κ1) is 23.1. The topological polar surface area (TPSA) is 63.1 Å². The van der Waals surface area contributed by atoms with Crippen LogP contribution in [0.5, 0.6) is 0 Å². The van der Waals surface area contributed by atoms with Gasteiger partial charge in [0.25, 0.3) is 0 Å². The number of carbonyl (C=O) groups excluding carboxylic acids is 1. The Kier molecular flexibility index (Phi) is 6.61. The maximum atomic E-state index is 10.0.